The van der Waals surface area contributed by atoms with Crippen LogP contribution in [0.4, 0.5) is 30.2 Å². The highest BCUT2D eigenvalue weighted by Crippen LogP contribution is 2.41. The van der Waals surface area contributed by atoms with E-state index in [0.29, 0.717) is 36.3 Å². The number of aryl methyl sites for hydroxylation is 5. The second-order valence-electron chi connectivity index (χ2n) is 23.6. The second-order valence-corrected chi connectivity index (χ2v) is 34.1. The van der Waals surface area contributed by atoms with E-state index in [2.05, 4.69) is 63.0 Å². The zero-order valence-corrected chi connectivity index (χ0v) is 61.4. The molecule has 516 valence electrons. The van der Waals surface area contributed by atoms with E-state index in [4.69, 9.17) is 34.8 Å². The van der Waals surface area contributed by atoms with E-state index >= 15 is 0 Å². The fourth-order valence-corrected chi connectivity index (χ4v) is 19.6. The van der Waals surface area contributed by atoms with Gasteiger partial charge in [0.15, 0.2) is 0 Å². The van der Waals surface area contributed by atoms with Crippen LogP contribution < -0.4 is 30.1 Å². The minimum absolute atomic E-state index is 0.0857. The van der Waals surface area contributed by atoms with Crippen LogP contribution >= 0.6 is 68.8 Å². The van der Waals surface area contributed by atoms with Gasteiger partial charge >= 0.3 is 0 Å². The Balaban J connectivity index is 0.000000158. The summed E-state index contributed by atoms with van der Waals surface area (Å²) < 4.78 is 98.9. The van der Waals surface area contributed by atoms with Crippen LogP contribution in [0.5, 0.6) is 0 Å². The Morgan fingerprint density at radius 2 is 0.938 bits per heavy atom. The SMILES string of the molecule is C=S1(=O)N[C@@H](c2cc(-c3cn(C)nc3C)cs2)C[C@@H](C(=O)Nc2ccc(F)c(Cl)c2)N1C.C=S1(=O)N[C@@H](c2cc(-c3cnn(C)c3C)cs2)C[C@@H](C(=O)Nc2ccc(F)c(Cl)c2)N1C.C=S1(=O)N[C@@H](c2ccc(-c3c(C)nn(C)c3C)s2)C[C@@H](C(=O)Nc2ccc(F)c(Cl)c2)N1C. The molecule has 0 radical (unpaired) electrons. The van der Waals surface area contributed by atoms with Gasteiger partial charge in [0.25, 0.3) is 0 Å². The van der Waals surface area contributed by atoms with Gasteiger partial charge in [0.05, 0.1) is 80.5 Å². The van der Waals surface area contributed by atoms with Crippen molar-refractivity contribution in [2.75, 3.05) is 37.1 Å². The molecule has 9 heterocycles. The molecule has 33 heteroatoms. The molecule has 3 saturated heterocycles. The van der Waals surface area contributed by atoms with Crippen molar-refractivity contribution in [3.05, 3.63) is 172 Å². The number of aromatic nitrogens is 6. The number of amides is 3. The molecule has 21 nitrogen and oxygen atoms in total. The minimum Gasteiger partial charge on any atom is -0.325 e. The molecule has 0 bridgehead atoms. The number of carbonyl (C=O) groups is 3. The molecule has 3 amide bonds. The largest absolute Gasteiger partial charge is 0.325 e. The molecule has 3 aromatic carbocycles. The van der Waals surface area contributed by atoms with Crippen LogP contribution in [0.25, 0.3) is 32.7 Å². The first kappa shape index (κ1) is 73.0. The van der Waals surface area contributed by atoms with Gasteiger partial charge in [-0.15, -0.1) is 34.0 Å². The third-order valence-corrected chi connectivity index (χ3v) is 26.8. The molecule has 3 aliphatic rings. The first-order valence-electron chi connectivity index (χ1n) is 29.8. The molecule has 0 aliphatic carbocycles. The molecule has 9 atom stereocenters. The van der Waals surface area contributed by atoms with E-state index in [9.17, 15) is 40.2 Å². The van der Waals surface area contributed by atoms with Crippen molar-refractivity contribution in [3.63, 3.8) is 0 Å². The van der Waals surface area contributed by atoms with E-state index in [0.717, 1.165) is 70.1 Å². The number of benzene rings is 3. The number of rotatable bonds is 12. The van der Waals surface area contributed by atoms with Gasteiger partial charge in [-0.1, -0.05) is 34.8 Å². The standard InChI is InChI=1S/C22H25ClFN5O2S2.2C21H23ClFN5O2S2/c1-12-21(13(2)28(3)26-12)20-9-8-19(32-20)17-11-18(29(4)33(5,31)27-17)22(30)25-14-6-7-16(24)15(23)10-14;1-12-15(10-27(2)25-12)13-7-20(31-11-13)18-9-19(28(3)32(4,30)26-18)21(29)24-14-5-6-17(23)16(22)8-14;1-12-15(10-24-27(12)2)13-7-20(31-11-13)18-9-19(28(3)32(4,30)26-18)21(29)25-14-5-6-17(23)16(22)8-14/h6-10,17-18H,5,11H2,1-4H3,(H,25,30)(H,27,31);5-8,10-11,18-19H,4,9H2,1-3H3,(H,24,29)(H,26,30);5-8,10-11,18-19H,4,9H2,1-3H3,(H,25,29)(H,26,30)/t17-,18+,33?;2*18-,19+,32?/m111/s1. The van der Waals surface area contributed by atoms with Crippen LogP contribution in [0, 0.1) is 45.1 Å². The molecular weight excluding hydrogens is 1430 g/mol. The number of hydrogen-bond donors (Lipinski definition) is 6. The zero-order valence-electron chi connectivity index (χ0n) is 54.2. The van der Waals surface area contributed by atoms with Crippen LogP contribution in [-0.4, -0.2) is 129 Å². The number of hydrogen-bond acceptors (Lipinski definition) is 12. The monoisotopic (exact) mass is 1500 g/mol. The topological polar surface area (TPSA) is 238 Å². The van der Waals surface area contributed by atoms with Crippen molar-refractivity contribution in [1.82, 2.24) is 56.4 Å². The highest BCUT2D eigenvalue weighted by molar-refractivity contribution is 7.97. The third-order valence-electron chi connectivity index (χ3n) is 17.1. The fourth-order valence-electron chi connectivity index (χ4n) is 11.4. The number of anilines is 3. The van der Waals surface area contributed by atoms with Gasteiger partial charge in [0.2, 0.25) is 17.7 Å². The van der Waals surface area contributed by atoms with Crippen molar-refractivity contribution in [3.8, 4) is 32.7 Å². The predicted octanol–water partition coefficient (Wildman–Crippen LogP) is 11.6. The van der Waals surface area contributed by atoms with Gasteiger partial charge in [-0.2, -0.15) is 15.3 Å². The minimum atomic E-state index is -2.90. The van der Waals surface area contributed by atoms with Crippen molar-refractivity contribution in [1.29, 1.82) is 0 Å². The van der Waals surface area contributed by atoms with Gasteiger partial charge < -0.3 is 16.0 Å². The Morgan fingerprint density at radius 1 is 0.536 bits per heavy atom. The average Bonchev–Trinajstić information content (AvgIpc) is 1.77. The Hall–Kier alpha value is -6.72. The molecular formula is C64H71Cl3F3N15O6S6. The molecule has 97 heavy (non-hydrogen) atoms. The lowest BCUT2D eigenvalue weighted by Gasteiger charge is -2.39. The summed E-state index contributed by atoms with van der Waals surface area (Å²) in [5.74, 6) is 8.67. The zero-order chi connectivity index (χ0) is 70.5. The van der Waals surface area contributed by atoms with Crippen molar-refractivity contribution in [2.24, 2.45) is 21.1 Å². The molecule has 3 fully saturated rings. The Kier molecular flexibility index (Phi) is 22.0. The van der Waals surface area contributed by atoms with Gasteiger partial charge in [0, 0.05) is 113 Å². The van der Waals surface area contributed by atoms with Crippen LogP contribution in [0.15, 0.2) is 102 Å². The summed E-state index contributed by atoms with van der Waals surface area (Å²) in [6.45, 7) is 7.94. The molecule has 6 aromatic heterocycles. The van der Waals surface area contributed by atoms with Crippen LogP contribution in [0.2, 0.25) is 15.1 Å². The first-order chi connectivity index (χ1) is 45.6. The lowest BCUT2D eigenvalue weighted by Crippen LogP contribution is -2.55. The quantitative estimate of drug-likeness (QED) is 0.0637. The van der Waals surface area contributed by atoms with E-state index in [1.54, 1.807) is 37.2 Å². The Bertz CT molecular complexity index is 4710. The Labute approximate surface area is 589 Å². The van der Waals surface area contributed by atoms with Crippen LogP contribution in [-0.2, 0) is 65.2 Å². The van der Waals surface area contributed by atoms with Gasteiger partial charge in [-0.25, -0.2) is 52.9 Å². The molecule has 9 aromatic rings. The molecule has 0 saturated carbocycles. The fraction of sp³-hybridized carbons (Fsp3) is 0.297. The number of halogens is 6. The van der Waals surface area contributed by atoms with E-state index in [1.807, 2.05) is 106 Å². The smallest absolute Gasteiger partial charge is 0.242 e. The Morgan fingerprint density at radius 3 is 1.29 bits per heavy atom. The van der Waals surface area contributed by atoms with Gasteiger partial charge in [0.1, 0.15) is 35.6 Å². The highest BCUT2D eigenvalue weighted by atomic mass is 35.5. The molecule has 6 N–H and O–H groups in total. The summed E-state index contributed by atoms with van der Waals surface area (Å²) in [4.78, 5) is 43.1. The maximum Gasteiger partial charge on any atom is 0.242 e. The predicted molar refractivity (Wildman–Crippen MR) is 391 cm³/mol. The average molecular weight is 1500 g/mol. The molecule has 3 aliphatic heterocycles. The summed E-state index contributed by atoms with van der Waals surface area (Å²) in [5.41, 5.74) is 10.3. The second kappa shape index (κ2) is 29.2. The van der Waals surface area contributed by atoms with Crippen molar-refractivity contribution in [2.45, 2.75) is 83.2 Å². The van der Waals surface area contributed by atoms with E-state index in [1.165, 1.54) is 90.2 Å². The van der Waals surface area contributed by atoms with Crippen LogP contribution in [0.3, 0.4) is 0 Å². The first-order valence-corrected chi connectivity index (χ1v) is 38.5. The van der Waals surface area contributed by atoms with Gasteiger partial charge in [-0.05, 0) is 165 Å². The summed E-state index contributed by atoms with van der Waals surface area (Å²) in [6.07, 6.45) is 4.93. The number of carbonyl (C=O) groups excluding carboxylic acids is 3. The highest BCUT2D eigenvalue weighted by Gasteiger charge is 2.41. The number of likely N-dealkylation sites (N-methyl/N-ethyl adjacent to an activating group) is 3. The summed E-state index contributed by atoms with van der Waals surface area (Å²) >= 11 is 22.1. The third kappa shape index (κ3) is 16.1. The normalized spacial score (nSPS) is 23.8. The maximum absolute atomic E-state index is 13.5. The van der Waals surface area contributed by atoms with E-state index < -0.39 is 65.3 Å². The number of nitrogens with zero attached hydrogens (tertiary/aromatic N) is 9. The van der Waals surface area contributed by atoms with E-state index in [-0.39, 0.29) is 50.9 Å². The number of nitrogens with one attached hydrogen (secondary N) is 6. The van der Waals surface area contributed by atoms with Crippen LogP contribution in [0.1, 0.15) is 74.8 Å². The molecule has 3 unspecified atom stereocenters. The lowest BCUT2D eigenvalue weighted by atomic mass is 10.0. The summed E-state index contributed by atoms with van der Waals surface area (Å²) in [5, 5.41) is 25.2. The van der Waals surface area contributed by atoms with Crippen molar-refractivity contribution >= 4 is 151 Å². The van der Waals surface area contributed by atoms with Gasteiger partial charge in [-0.3, -0.25) is 28.4 Å². The molecule has 0 spiro atoms. The summed E-state index contributed by atoms with van der Waals surface area (Å²) in [6, 6.07) is 16.9. The number of thiophene rings is 3. The summed E-state index contributed by atoms with van der Waals surface area (Å²) in [7, 11) is 1.78. The lowest BCUT2D eigenvalue weighted by molar-refractivity contribution is -0.120. The molecule has 12 rings (SSSR count). The maximum atomic E-state index is 13.5. The van der Waals surface area contributed by atoms with Crippen molar-refractivity contribution < 1.29 is 40.2 Å².